The Bertz CT molecular complexity index is 2480. The SMILES string of the molecule is c1ccc(-c2ccc(N(c3ccc4sc5ccccc5c4c3)c3cccc4c3ccc3nc(-c5ccccc5)oc34)cc2)cc1. The summed E-state index contributed by atoms with van der Waals surface area (Å²) in [6, 6.07) is 55.7. The van der Waals surface area contributed by atoms with Crippen LogP contribution < -0.4 is 4.90 Å². The first-order chi connectivity index (χ1) is 22.3. The molecule has 2 heterocycles. The first kappa shape index (κ1) is 25.8. The Kier molecular flexibility index (Phi) is 6.00. The van der Waals surface area contributed by atoms with Crippen LogP contribution in [0.15, 0.2) is 162 Å². The summed E-state index contributed by atoms with van der Waals surface area (Å²) in [5, 5.41) is 4.69. The summed E-state index contributed by atoms with van der Waals surface area (Å²) in [4.78, 5) is 7.20. The molecule has 0 saturated carbocycles. The van der Waals surface area contributed by atoms with Crippen LogP contribution in [0, 0.1) is 0 Å². The van der Waals surface area contributed by atoms with Crippen molar-refractivity contribution in [3.8, 4) is 22.6 Å². The van der Waals surface area contributed by atoms with Crippen LogP contribution in [0.5, 0.6) is 0 Å². The van der Waals surface area contributed by atoms with E-state index < -0.39 is 0 Å². The van der Waals surface area contributed by atoms with E-state index in [-0.39, 0.29) is 0 Å². The molecule has 212 valence electrons. The topological polar surface area (TPSA) is 29.3 Å². The molecule has 0 atom stereocenters. The summed E-state index contributed by atoms with van der Waals surface area (Å²) in [5.41, 5.74) is 8.28. The highest BCUT2D eigenvalue weighted by Crippen LogP contribution is 2.44. The molecule has 0 spiro atoms. The van der Waals surface area contributed by atoms with Gasteiger partial charge in [0, 0.05) is 47.9 Å². The van der Waals surface area contributed by atoms with Gasteiger partial charge in [-0.2, -0.15) is 0 Å². The summed E-state index contributed by atoms with van der Waals surface area (Å²) in [6.07, 6.45) is 0. The highest BCUT2D eigenvalue weighted by atomic mass is 32.1. The molecule has 0 bridgehead atoms. The van der Waals surface area contributed by atoms with Crippen molar-refractivity contribution in [2.24, 2.45) is 0 Å². The standard InChI is InChI=1S/C41H26N2OS/c1-3-10-27(11-4-1)28-18-20-30(21-19-28)43(31-22-25-39-35(26-31)33-14-7-8-17-38(33)45-39)37-16-9-15-34-32(37)23-24-36-40(34)44-41(42-36)29-12-5-2-6-13-29/h1-26H. The van der Waals surface area contributed by atoms with Crippen molar-refractivity contribution >= 4 is 70.4 Å². The summed E-state index contributed by atoms with van der Waals surface area (Å²) >= 11 is 1.84. The molecule has 45 heavy (non-hydrogen) atoms. The predicted octanol–water partition coefficient (Wildman–Crippen LogP) is 12.2. The second-order valence-corrected chi connectivity index (χ2v) is 12.3. The summed E-state index contributed by atoms with van der Waals surface area (Å²) in [7, 11) is 0. The van der Waals surface area contributed by atoms with E-state index in [2.05, 4.69) is 132 Å². The van der Waals surface area contributed by atoms with Crippen LogP contribution in [0.3, 0.4) is 0 Å². The van der Waals surface area contributed by atoms with Crippen molar-refractivity contribution in [1.82, 2.24) is 4.98 Å². The molecule has 3 nitrogen and oxygen atoms in total. The Morgan fingerprint density at radius 3 is 1.96 bits per heavy atom. The zero-order valence-corrected chi connectivity index (χ0v) is 25.0. The molecule has 0 radical (unpaired) electrons. The maximum atomic E-state index is 6.45. The third-order valence-corrected chi connectivity index (χ3v) is 9.65. The van der Waals surface area contributed by atoms with Crippen LogP contribution in [0.2, 0.25) is 0 Å². The number of aromatic nitrogens is 1. The number of hydrogen-bond acceptors (Lipinski definition) is 4. The molecule has 0 unspecified atom stereocenters. The van der Waals surface area contributed by atoms with Gasteiger partial charge < -0.3 is 9.32 Å². The van der Waals surface area contributed by atoms with Crippen LogP contribution in [0.4, 0.5) is 17.1 Å². The molecule has 0 fully saturated rings. The van der Waals surface area contributed by atoms with E-state index in [1.807, 2.05) is 41.7 Å². The van der Waals surface area contributed by atoms with Crippen molar-refractivity contribution in [3.05, 3.63) is 158 Å². The molecule has 4 heteroatoms. The van der Waals surface area contributed by atoms with Crippen molar-refractivity contribution < 1.29 is 4.42 Å². The van der Waals surface area contributed by atoms with Gasteiger partial charge in [-0.15, -0.1) is 11.3 Å². The fourth-order valence-corrected chi connectivity index (χ4v) is 7.43. The van der Waals surface area contributed by atoms with Gasteiger partial charge in [-0.25, -0.2) is 4.98 Å². The average Bonchev–Trinajstić information content (AvgIpc) is 3.72. The first-order valence-electron chi connectivity index (χ1n) is 15.0. The molecule has 0 aliphatic carbocycles. The molecule has 0 N–H and O–H groups in total. The minimum Gasteiger partial charge on any atom is -0.435 e. The van der Waals surface area contributed by atoms with Gasteiger partial charge in [0.05, 0.1) is 5.69 Å². The Labute approximate surface area is 264 Å². The summed E-state index contributed by atoms with van der Waals surface area (Å²) < 4.78 is 9.03. The number of anilines is 3. The number of thiophene rings is 1. The third kappa shape index (κ3) is 4.38. The van der Waals surface area contributed by atoms with Crippen LogP contribution in [0.1, 0.15) is 0 Å². The van der Waals surface area contributed by atoms with Gasteiger partial charge in [0.2, 0.25) is 5.89 Å². The number of oxazole rings is 1. The van der Waals surface area contributed by atoms with E-state index in [4.69, 9.17) is 9.40 Å². The van der Waals surface area contributed by atoms with Gasteiger partial charge in [0.1, 0.15) is 5.52 Å². The summed E-state index contributed by atoms with van der Waals surface area (Å²) in [5.74, 6) is 0.631. The number of benzene rings is 7. The molecular formula is C41H26N2OS. The lowest BCUT2D eigenvalue weighted by Gasteiger charge is -2.27. The smallest absolute Gasteiger partial charge is 0.227 e. The number of fused-ring (bicyclic) bond motifs is 6. The Balaban J connectivity index is 1.25. The maximum absolute atomic E-state index is 6.45. The zero-order chi connectivity index (χ0) is 29.7. The Morgan fingerprint density at radius 2 is 1.13 bits per heavy atom. The minimum atomic E-state index is 0.631. The highest BCUT2D eigenvalue weighted by Gasteiger charge is 2.19. The normalized spacial score (nSPS) is 11.6. The van der Waals surface area contributed by atoms with Gasteiger partial charge >= 0.3 is 0 Å². The molecule has 7 aromatic carbocycles. The van der Waals surface area contributed by atoms with Crippen molar-refractivity contribution in [2.75, 3.05) is 4.90 Å². The molecule has 0 saturated heterocycles. The first-order valence-corrected chi connectivity index (χ1v) is 15.9. The Hall–Kier alpha value is -5.71. The van der Waals surface area contributed by atoms with Gasteiger partial charge in [-0.1, -0.05) is 91.0 Å². The lowest BCUT2D eigenvalue weighted by molar-refractivity contribution is 0.623. The van der Waals surface area contributed by atoms with Crippen molar-refractivity contribution in [3.63, 3.8) is 0 Å². The van der Waals surface area contributed by atoms with Crippen LogP contribution in [-0.2, 0) is 0 Å². The Morgan fingerprint density at radius 1 is 0.467 bits per heavy atom. The fourth-order valence-electron chi connectivity index (χ4n) is 6.34. The molecule has 0 aliphatic heterocycles. The quantitative estimate of drug-likeness (QED) is 0.198. The van der Waals surface area contributed by atoms with Gasteiger partial charge in [-0.05, 0) is 77.9 Å². The monoisotopic (exact) mass is 594 g/mol. The summed E-state index contributed by atoms with van der Waals surface area (Å²) in [6.45, 7) is 0. The maximum Gasteiger partial charge on any atom is 0.227 e. The molecule has 9 aromatic rings. The average molecular weight is 595 g/mol. The minimum absolute atomic E-state index is 0.631. The number of rotatable bonds is 5. The molecule has 2 aromatic heterocycles. The second kappa shape index (κ2) is 10.5. The number of hydrogen-bond donors (Lipinski definition) is 0. The van der Waals surface area contributed by atoms with Crippen molar-refractivity contribution in [2.45, 2.75) is 0 Å². The van der Waals surface area contributed by atoms with Crippen LogP contribution >= 0.6 is 11.3 Å². The van der Waals surface area contributed by atoms with E-state index in [9.17, 15) is 0 Å². The van der Waals surface area contributed by atoms with E-state index in [1.54, 1.807) is 0 Å². The third-order valence-electron chi connectivity index (χ3n) is 8.50. The second-order valence-electron chi connectivity index (χ2n) is 11.2. The number of nitrogens with zero attached hydrogens (tertiary/aromatic N) is 2. The molecule has 0 amide bonds. The van der Waals surface area contributed by atoms with Crippen LogP contribution in [-0.4, -0.2) is 4.98 Å². The van der Waals surface area contributed by atoms with E-state index in [0.29, 0.717) is 5.89 Å². The van der Waals surface area contributed by atoms with Crippen molar-refractivity contribution in [1.29, 1.82) is 0 Å². The molecule has 0 aliphatic rings. The largest absolute Gasteiger partial charge is 0.435 e. The lowest BCUT2D eigenvalue weighted by atomic mass is 10.0. The lowest BCUT2D eigenvalue weighted by Crippen LogP contribution is -2.10. The predicted molar refractivity (Wildman–Crippen MR) is 190 cm³/mol. The van der Waals surface area contributed by atoms with E-state index in [1.165, 1.54) is 31.3 Å². The fraction of sp³-hybridized carbons (Fsp3) is 0. The highest BCUT2D eigenvalue weighted by molar-refractivity contribution is 7.25. The van der Waals surface area contributed by atoms with E-state index in [0.717, 1.165) is 44.5 Å². The van der Waals surface area contributed by atoms with Gasteiger partial charge in [0.25, 0.3) is 0 Å². The molecular weight excluding hydrogens is 569 g/mol. The zero-order valence-electron chi connectivity index (χ0n) is 24.2. The molecule has 9 rings (SSSR count). The van der Waals surface area contributed by atoms with Gasteiger partial charge in [0.15, 0.2) is 5.58 Å². The van der Waals surface area contributed by atoms with Crippen LogP contribution in [0.25, 0.3) is 64.6 Å². The van der Waals surface area contributed by atoms with E-state index >= 15 is 0 Å². The van der Waals surface area contributed by atoms with Gasteiger partial charge in [-0.3, -0.25) is 0 Å².